The number of rotatable bonds is 8. The van der Waals surface area contributed by atoms with E-state index in [9.17, 15) is 9.59 Å². The quantitative estimate of drug-likeness (QED) is 0.520. The van der Waals surface area contributed by atoms with Crippen molar-refractivity contribution in [2.75, 3.05) is 26.8 Å². The predicted octanol–water partition coefficient (Wildman–Crippen LogP) is -1.14. The van der Waals surface area contributed by atoms with E-state index < -0.39 is 11.9 Å². The van der Waals surface area contributed by atoms with E-state index in [1.165, 1.54) is 11.8 Å². The van der Waals surface area contributed by atoms with Crippen LogP contribution in [0.25, 0.3) is 0 Å². The maximum Gasteiger partial charge on any atom is 0.321 e. The molecule has 3 N–H and O–H groups in total. The summed E-state index contributed by atoms with van der Waals surface area (Å²) in [6.45, 7) is 4.08. The van der Waals surface area contributed by atoms with Gasteiger partial charge in [-0.25, -0.2) is 9.48 Å². The van der Waals surface area contributed by atoms with Gasteiger partial charge in [0, 0.05) is 20.2 Å². The number of carbonyl (C=O) groups excluding carboxylic acids is 2. The zero-order valence-corrected chi connectivity index (χ0v) is 11.7. The molecule has 0 aromatic carbocycles. The van der Waals surface area contributed by atoms with Gasteiger partial charge >= 0.3 is 6.03 Å². The highest BCUT2D eigenvalue weighted by atomic mass is 16.5. The number of hydrogen-bond acceptors (Lipinski definition) is 6. The van der Waals surface area contributed by atoms with Crippen molar-refractivity contribution < 1.29 is 14.3 Å². The lowest BCUT2D eigenvalue weighted by Gasteiger charge is -2.05. The second-order valence-corrected chi connectivity index (χ2v) is 3.98. The minimum Gasteiger partial charge on any atom is -0.383 e. The third kappa shape index (κ3) is 6.25. The Morgan fingerprint density at radius 2 is 2.25 bits per heavy atom. The summed E-state index contributed by atoms with van der Waals surface area (Å²) in [5.41, 5.74) is 0.740. The van der Waals surface area contributed by atoms with Crippen LogP contribution in [0.4, 0.5) is 4.79 Å². The smallest absolute Gasteiger partial charge is 0.321 e. The van der Waals surface area contributed by atoms with Crippen molar-refractivity contribution in [1.29, 1.82) is 0 Å². The summed E-state index contributed by atoms with van der Waals surface area (Å²) >= 11 is 0. The minimum absolute atomic E-state index is 0.0587. The molecule has 0 atom stereocenters. The van der Waals surface area contributed by atoms with Crippen LogP contribution in [0.15, 0.2) is 6.20 Å². The fourth-order valence-corrected chi connectivity index (χ4v) is 1.37. The minimum atomic E-state index is -0.556. The second kappa shape index (κ2) is 8.99. The highest BCUT2D eigenvalue weighted by molar-refractivity contribution is 5.94. The SMILES string of the molecule is CCNCc1cn(CC(=O)NC(=O)NCCOC)nn1. The number of nitrogens with one attached hydrogen (secondary N) is 3. The van der Waals surface area contributed by atoms with Crippen LogP contribution in [-0.4, -0.2) is 53.7 Å². The van der Waals surface area contributed by atoms with Gasteiger partial charge < -0.3 is 15.4 Å². The van der Waals surface area contributed by atoms with Crippen LogP contribution in [-0.2, 0) is 22.6 Å². The third-order valence-electron chi connectivity index (χ3n) is 2.29. The van der Waals surface area contributed by atoms with Crippen LogP contribution >= 0.6 is 0 Å². The molecule has 9 nitrogen and oxygen atoms in total. The van der Waals surface area contributed by atoms with Crippen LogP contribution in [0.2, 0.25) is 0 Å². The average Bonchev–Trinajstić information content (AvgIpc) is 2.84. The number of ether oxygens (including phenoxy) is 1. The molecule has 1 aromatic rings. The standard InChI is InChI=1S/C11H20N6O3/c1-3-12-6-9-7-17(16-15-9)8-10(18)14-11(19)13-4-5-20-2/h7,12H,3-6,8H2,1-2H3,(H2,13,14,18,19). The zero-order chi connectivity index (χ0) is 14.8. The van der Waals surface area contributed by atoms with E-state index >= 15 is 0 Å². The van der Waals surface area contributed by atoms with Crippen molar-refractivity contribution in [3.8, 4) is 0 Å². The van der Waals surface area contributed by atoms with E-state index in [0.717, 1.165) is 12.2 Å². The van der Waals surface area contributed by atoms with Gasteiger partial charge in [0.05, 0.1) is 18.5 Å². The molecule has 0 aliphatic heterocycles. The Kier molecular flexibility index (Phi) is 7.22. The maximum atomic E-state index is 11.6. The van der Waals surface area contributed by atoms with Gasteiger partial charge in [-0.1, -0.05) is 12.1 Å². The number of amides is 3. The lowest BCUT2D eigenvalue weighted by atomic mass is 10.4. The van der Waals surface area contributed by atoms with Crippen LogP contribution in [0.5, 0.6) is 0 Å². The number of hydrogen-bond donors (Lipinski definition) is 3. The molecule has 9 heteroatoms. The number of imide groups is 1. The summed E-state index contributed by atoms with van der Waals surface area (Å²) in [5, 5.41) is 15.5. The molecule has 0 aliphatic carbocycles. The number of nitrogens with zero attached hydrogens (tertiary/aromatic N) is 3. The lowest BCUT2D eigenvalue weighted by Crippen LogP contribution is -2.42. The maximum absolute atomic E-state index is 11.6. The van der Waals surface area contributed by atoms with Crippen molar-refractivity contribution >= 4 is 11.9 Å². The van der Waals surface area contributed by atoms with Crippen LogP contribution in [0.3, 0.4) is 0 Å². The molecule has 0 aliphatic rings. The first-order valence-electron chi connectivity index (χ1n) is 6.32. The Morgan fingerprint density at radius 3 is 2.95 bits per heavy atom. The molecule has 112 valence electrons. The van der Waals surface area contributed by atoms with Crippen molar-refractivity contribution in [1.82, 2.24) is 30.9 Å². The Labute approximate surface area is 117 Å². The summed E-state index contributed by atoms with van der Waals surface area (Å²) in [6, 6.07) is -0.556. The first kappa shape index (κ1) is 16.1. The summed E-state index contributed by atoms with van der Waals surface area (Å²) < 4.78 is 6.15. The zero-order valence-electron chi connectivity index (χ0n) is 11.7. The topological polar surface area (TPSA) is 110 Å². The summed E-state index contributed by atoms with van der Waals surface area (Å²) in [7, 11) is 1.53. The summed E-state index contributed by atoms with van der Waals surface area (Å²) in [6.07, 6.45) is 1.66. The molecule has 1 aromatic heterocycles. The average molecular weight is 284 g/mol. The first-order valence-corrected chi connectivity index (χ1v) is 6.32. The Balaban J connectivity index is 2.30. The molecule has 3 amide bonds. The molecule has 0 spiro atoms. The molecule has 20 heavy (non-hydrogen) atoms. The van der Waals surface area contributed by atoms with Gasteiger partial charge in [0.2, 0.25) is 5.91 Å². The fraction of sp³-hybridized carbons (Fsp3) is 0.636. The monoisotopic (exact) mass is 284 g/mol. The number of urea groups is 1. The van der Waals surface area contributed by atoms with Crippen molar-refractivity contribution in [2.24, 2.45) is 0 Å². The molecule has 0 saturated heterocycles. The van der Waals surface area contributed by atoms with Crippen molar-refractivity contribution in [3.05, 3.63) is 11.9 Å². The van der Waals surface area contributed by atoms with Gasteiger partial charge in [-0.15, -0.1) is 5.10 Å². The highest BCUT2D eigenvalue weighted by Crippen LogP contribution is 1.92. The highest BCUT2D eigenvalue weighted by Gasteiger charge is 2.09. The molecule has 1 rings (SSSR count). The number of aromatic nitrogens is 3. The van der Waals surface area contributed by atoms with Gasteiger partial charge in [-0.3, -0.25) is 10.1 Å². The second-order valence-electron chi connectivity index (χ2n) is 3.98. The van der Waals surface area contributed by atoms with E-state index in [2.05, 4.69) is 26.3 Å². The van der Waals surface area contributed by atoms with E-state index in [1.807, 2.05) is 6.92 Å². The molecular weight excluding hydrogens is 264 g/mol. The molecule has 0 unspecified atom stereocenters. The van der Waals surface area contributed by atoms with E-state index in [4.69, 9.17) is 4.74 Å². The Hall–Kier alpha value is -2.00. The predicted molar refractivity (Wildman–Crippen MR) is 70.8 cm³/mol. The van der Waals surface area contributed by atoms with Gasteiger partial charge in [0.25, 0.3) is 0 Å². The Morgan fingerprint density at radius 1 is 1.45 bits per heavy atom. The van der Waals surface area contributed by atoms with Crippen molar-refractivity contribution in [3.63, 3.8) is 0 Å². The third-order valence-corrected chi connectivity index (χ3v) is 2.29. The van der Waals surface area contributed by atoms with Gasteiger partial charge in [0.1, 0.15) is 6.54 Å². The molecule has 1 heterocycles. The van der Waals surface area contributed by atoms with E-state index in [0.29, 0.717) is 19.7 Å². The van der Waals surface area contributed by atoms with Gasteiger partial charge in [0.15, 0.2) is 0 Å². The molecule has 0 fully saturated rings. The largest absolute Gasteiger partial charge is 0.383 e. The Bertz CT molecular complexity index is 434. The first-order chi connectivity index (χ1) is 9.65. The van der Waals surface area contributed by atoms with Gasteiger partial charge in [-0.05, 0) is 6.54 Å². The summed E-state index contributed by atoms with van der Waals surface area (Å²) in [5.74, 6) is -0.459. The van der Waals surface area contributed by atoms with E-state index in [-0.39, 0.29) is 6.54 Å². The normalized spacial score (nSPS) is 10.3. The molecule has 0 bridgehead atoms. The summed E-state index contributed by atoms with van der Waals surface area (Å²) in [4.78, 5) is 22.9. The van der Waals surface area contributed by atoms with Crippen LogP contribution < -0.4 is 16.0 Å². The van der Waals surface area contributed by atoms with E-state index in [1.54, 1.807) is 6.20 Å². The van der Waals surface area contributed by atoms with Crippen LogP contribution in [0, 0.1) is 0 Å². The molecular formula is C11H20N6O3. The fourth-order valence-electron chi connectivity index (χ4n) is 1.37. The number of carbonyl (C=O) groups is 2. The molecule has 0 radical (unpaired) electrons. The lowest BCUT2D eigenvalue weighted by molar-refractivity contribution is -0.120. The van der Waals surface area contributed by atoms with Gasteiger partial charge in [-0.2, -0.15) is 0 Å². The number of methoxy groups -OCH3 is 1. The van der Waals surface area contributed by atoms with Crippen LogP contribution in [0.1, 0.15) is 12.6 Å². The molecule has 0 saturated carbocycles. The van der Waals surface area contributed by atoms with Crippen molar-refractivity contribution in [2.45, 2.75) is 20.0 Å².